The number of nitrogens with zero attached hydrogens (tertiary/aromatic N) is 1. The highest BCUT2D eigenvalue weighted by Crippen LogP contribution is 1.95. The Bertz CT molecular complexity index is 232. The number of carboxylic acids is 1. The Kier molecular flexibility index (Phi) is 2.22. The van der Waals surface area contributed by atoms with Crippen molar-refractivity contribution >= 4 is 5.97 Å². The van der Waals surface area contributed by atoms with E-state index in [0.29, 0.717) is 0 Å². The number of carboxylic acid groups (broad SMARTS) is 1. The predicted molar refractivity (Wildman–Crippen MR) is 37.9 cm³/mol. The summed E-state index contributed by atoms with van der Waals surface area (Å²) in [5, 5.41) is 8.42. The number of carbonyl (C=O) groups is 1. The molecule has 1 atom stereocenters. The Hall–Kier alpha value is -1.36. The highest BCUT2D eigenvalue weighted by atomic mass is 16.4. The Morgan fingerprint density at radius 1 is 1.91 bits per heavy atom. The molecule has 11 heavy (non-hydrogen) atoms. The molecule has 1 aromatic heterocycles. The molecule has 5 nitrogen and oxygen atoms in total. The molecular formula is C6H9N3O2. The lowest BCUT2D eigenvalue weighted by Crippen LogP contribution is -2.32. The highest BCUT2D eigenvalue weighted by molar-refractivity contribution is 5.73. The van der Waals surface area contributed by atoms with Gasteiger partial charge in [0, 0.05) is 18.3 Å². The standard InChI is InChI=1S/C6H9N3O2/c7-5(6(10)11)1-4-2-8-3-9-4/h2-3,5H,1,7H2,(H,8,9)(H,10,11)/i7+1. The van der Waals surface area contributed by atoms with Crippen molar-refractivity contribution in [2.24, 2.45) is 5.73 Å². The number of H-pyrrole nitrogens is 1. The average molecular weight is 156 g/mol. The van der Waals surface area contributed by atoms with Gasteiger partial charge < -0.3 is 15.8 Å². The van der Waals surface area contributed by atoms with Crippen molar-refractivity contribution in [3.8, 4) is 0 Å². The molecular weight excluding hydrogens is 147 g/mol. The van der Waals surface area contributed by atoms with Crippen molar-refractivity contribution in [1.82, 2.24) is 9.97 Å². The van der Waals surface area contributed by atoms with Crippen LogP contribution in [0.3, 0.4) is 0 Å². The lowest BCUT2D eigenvalue weighted by Gasteiger charge is -2.02. The van der Waals surface area contributed by atoms with Gasteiger partial charge in [-0.25, -0.2) is 4.98 Å². The summed E-state index contributed by atoms with van der Waals surface area (Å²) < 4.78 is 0. The van der Waals surface area contributed by atoms with Crippen molar-refractivity contribution in [3.63, 3.8) is 0 Å². The number of aliphatic carboxylic acids is 1. The van der Waals surface area contributed by atoms with Crippen LogP contribution in [-0.2, 0) is 11.2 Å². The number of nitrogens with two attached hydrogens (primary N) is 1. The van der Waals surface area contributed by atoms with Crippen LogP contribution in [0.4, 0.5) is 0 Å². The van der Waals surface area contributed by atoms with Crippen molar-refractivity contribution in [2.45, 2.75) is 12.5 Å². The van der Waals surface area contributed by atoms with Crippen LogP contribution in [0.1, 0.15) is 5.69 Å². The van der Waals surface area contributed by atoms with Gasteiger partial charge in [-0.3, -0.25) is 4.79 Å². The van der Waals surface area contributed by atoms with Crippen molar-refractivity contribution < 1.29 is 9.90 Å². The molecule has 0 radical (unpaired) electrons. The molecule has 1 heterocycles. The second-order valence-corrected chi connectivity index (χ2v) is 2.23. The van der Waals surface area contributed by atoms with E-state index in [1.54, 1.807) is 6.20 Å². The maximum absolute atomic E-state index is 10.3. The smallest absolute Gasteiger partial charge is 0.320 e. The summed E-state index contributed by atoms with van der Waals surface area (Å²) in [4.78, 5) is 16.8. The summed E-state index contributed by atoms with van der Waals surface area (Å²) in [7, 11) is 0. The fourth-order valence-electron chi connectivity index (χ4n) is 0.721. The molecule has 0 fully saturated rings. The van der Waals surface area contributed by atoms with E-state index in [1.165, 1.54) is 6.33 Å². The molecule has 0 aliphatic heterocycles. The van der Waals surface area contributed by atoms with Gasteiger partial charge >= 0.3 is 5.97 Å². The zero-order valence-electron chi connectivity index (χ0n) is 5.82. The van der Waals surface area contributed by atoms with Crippen LogP contribution >= 0.6 is 0 Å². The second kappa shape index (κ2) is 3.16. The van der Waals surface area contributed by atoms with Crippen LogP contribution < -0.4 is 5.73 Å². The van der Waals surface area contributed by atoms with E-state index in [4.69, 9.17) is 10.8 Å². The topological polar surface area (TPSA) is 92.0 Å². The number of aromatic nitrogens is 2. The van der Waals surface area contributed by atoms with Gasteiger partial charge in [0.25, 0.3) is 0 Å². The number of nitrogens with one attached hydrogen (secondary N) is 1. The number of imidazole rings is 1. The van der Waals surface area contributed by atoms with Crippen LogP contribution in [-0.4, -0.2) is 27.1 Å². The van der Waals surface area contributed by atoms with Crippen LogP contribution in [0.15, 0.2) is 12.5 Å². The Morgan fingerprint density at radius 2 is 2.64 bits per heavy atom. The van der Waals surface area contributed by atoms with E-state index in [2.05, 4.69) is 9.97 Å². The predicted octanol–water partition coefficient (Wildman–Crippen LogP) is -0.636. The van der Waals surface area contributed by atoms with Gasteiger partial charge in [-0.15, -0.1) is 0 Å². The van der Waals surface area contributed by atoms with E-state index < -0.39 is 12.0 Å². The minimum absolute atomic E-state index is 0.287. The van der Waals surface area contributed by atoms with E-state index in [9.17, 15) is 4.79 Å². The Morgan fingerprint density at radius 3 is 3.09 bits per heavy atom. The second-order valence-electron chi connectivity index (χ2n) is 2.23. The molecule has 0 aliphatic carbocycles. The minimum Gasteiger partial charge on any atom is -0.480 e. The third kappa shape index (κ3) is 2.05. The number of hydrogen-bond donors (Lipinski definition) is 3. The molecule has 60 valence electrons. The largest absolute Gasteiger partial charge is 0.480 e. The van der Waals surface area contributed by atoms with E-state index in [-0.39, 0.29) is 6.42 Å². The molecule has 5 heteroatoms. The minimum atomic E-state index is -1.00. The molecule has 0 aliphatic rings. The van der Waals surface area contributed by atoms with Gasteiger partial charge in [0.15, 0.2) is 0 Å². The summed E-state index contributed by atoms with van der Waals surface area (Å²) >= 11 is 0. The average Bonchev–Trinajstić information content (AvgIpc) is 2.39. The lowest BCUT2D eigenvalue weighted by atomic mass is 10.2. The summed E-state index contributed by atoms with van der Waals surface area (Å²) in [6.07, 6.45) is 3.34. The normalized spacial score (nSPS) is 12.8. The van der Waals surface area contributed by atoms with Crippen molar-refractivity contribution in [3.05, 3.63) is 18.2 Å². The number of aromatic amines is 1. The molecule has 0 amide bonds. The van der Waals surface area contributed by atoms with Crippen molar-refractivity contribution in [2.75, 3.05) is 0 Å². The summed E-state index contributed by atoms with van der Waals surface area (Å²) in [6, 6.07) is -0.851. The Labute approximate surface area is 63.3 Å². The van der Waals surface area contributed by atoms with Crippen molar-refractivity contribution in [1.29, 1.82) is 0 Å². The van der Waals surface area contributed by atoms with Gasteiger partial charge in [0.2, 0.25) is 0 Å². The van der Waals surface area contributed by atoms with Gasteiger partial charge in [0.1, 0.15) is 6.04 Å². The third-order valence-corrected chi connectivity index (χ3v) is 1.31. The maximum Gasteiger partial charge on any atom is 0.320 e. The first-order valence-electron chi connectivity index (χ1n) is 3.16. The van der Waals surface area contributed by atoms with E-state index in [0.717, 1.165) is 5.69 Å². The molecule has 4 N–H and O–H groups in total. The first-order valence-corrected chi connectivity index (χ1v) is 3.16. The highest BCUT2D eigenvalue weighted by Gasteiger charge is 2.11. The summed E-state index contributed by atoms with van der Waals surface area (Å²) in [5.41, 5.74) is 6.00. The SMILES string of the molecule is [15NH2]C(Cc1cnc[nH]1)C(=O)O. The molecule has 1 rings (SSSR count). The zero-order chi connectivity index (χ0) is 8.27. The van der Waals surface area contributed by atoms with Gasteiger partial charge in [-0.1, -0.05) is 0 Å². The summed E-state index contributed by atoms with van der Waals surface area (Å²) in [5.74, 6) is -1.00. The van der Waals surface area contributed by atoms with Crippen LogP contribution in [0.25, 0.3) is 0 Å². The number of rotatable bonds is 3. The van der Waals surface area contributed by atoms with Crippen LogP contribution in [0.5, 0.6) is 0 Å². The lowest BCUT2D eigenvalue weighted by molar-refractivity contribution is -0.138. The molecule has 1 unspecified atom stereocenters. The van der Waals surface area contributed by atoms with Gasteiger partial charge in [0.05, 0.1) is 6.33 Å². The first-order chi connectivity index (χ1) is 5.20. The number of hydrogen-bond acceptors (Lipinski definition) is 3. The van der Waals surface area contributed by atoms with Gasteiger partial charge in [-0.2, -0.15) is 0 Å². The maximum atomic E-state index is 10.3. The zero-order valence-corrected chi connectivity index (χ0v) is 5.82. The molecule has 0 saturated heterocycles. The summed E-state index contributed by atoms with van der Waals surface area (Å²) in [6.45, 7) is 0. The fourth-order valence-corrected chi connectivity index (χ4v) is 0.721. The molecule has 0 aromatic carbocycles. The monoisotopic (exact) mass is 156 g/mol. The van der Waals surface area contributed by atoms with Crippen LogP contribution in [0, 0.1) is 0 Å². The van der Waals surface area contributed by atoms with E-state index >= 15 is 0 Å². The molecule has 0 bridgehead atoms. The molecule has 0 spiro atoms. The fraction of sp³-hybridized carbons (Fsp3) is 0.333. The first kappa shape index (κ1) is 7.74. The third-order valence-electron chi connectivity index (χ3n) is 1.31. The quantitative estimate of drug-likeness (QED) is 0.508. The molecule has 1 aromatic rings. The van der Waals surface area contributed by atoms with E-state index in [1.807, 2.05) is 0 Å². The van der Waals surface area contributed by atoms with Gasteiger partial charge in [-0.05, 0) is 0 Å². The van der Waals surface area contributed by atoms with Crippen LogP contribution in [0.2, 0.25) is 0 Å². The molecule has 0 saturated carbocycles. The Balaban J connectivity index is 2.50.